The first-order valence-corrected chi connectivity index (χ1v) is 12.2. The van der Waals surface area contributed by atoms with Gasteiger partial charge in [0.15, 0.2) is 0 Å². The fraction of sp³-hybridized carbons (Fsp3) is 0.417. The second kappa shape index (κ2) is 11.3. The molecule has 0 aliphatic rings. The summed E-state index contributed by atoms with van der Waals surface area (Å²) in [6, 6.07) is 12.7. The van der Waals surface area contributed by atoms with E-state index in [0.29, 0.717) is 5.75 Å². The normalized spacial score (nSPS) is 12.5. The molecule has 8 nitrogen and oxygen atoms in total. The van der Waals surface area contributed by atoms with Crippen molar-refractivity contribution >= 4 is 21.8 Å². The summed E-state index contributed by atoms with van der Waals surface area (Å²) < 4.78 is 32.2. The molecule has 0 radical (unpaired) electrons. The smallest absolute Gasteiger partial charge is 0.243 e. The largest absolute Gasteiger partial charge is 0.497 e. The Kier molecular flexibility index (Phi) is 9.01. The molecule has 0 aliphatic carbocycles. The number of benzene rings is 2. The highest BCUT2D eigenvalue weighted by molar-refractivity contribution is 7.89. The number of methoxy groups -OCH3 is 1. The molecule has 9 heteroatoms. The lowest BCUT2D eigenvalue weighted by molar-refractivity contribution is -0.140. The Morgan fingerprint density at radius 1 is 1.06 bits per heavy atom. The monoisotopic (exact) mass is 475 g/mol. The molecule has 1 atom stereocenters. The third-order valence-electron chi connectivity index (χ3n) is 5.17. The van der Waals surface area contributed by atoms with Crippen molar-refractivity contribution in [1.29, 1.82) is 0 Å². The highest BCUT2D eigenvalue weighted by atomic mass is 32.2. The number of nitrogens with one attached hydrogen (secondary N) is 1. The number of aryl methyl sites for hydroxylation is 1. The average molecular weight is 476 g/mol. The van der Waals surface area contributed by atoms with Gasteiger partial charge in [-0.25, -0.2) is 8.42 Å². The van der Waals surface area contributed by atoms with Crippen LogP contribution in [-0.2, 0) is 26.2 Å². The van der Waals surface area contributed by atoms with Gasteiger partial charge in [-0.1, -0.05) is 29.8 Å². The summed E-state index contributed by atoms with van der Waals surface area (Å²) in [7, 11) is -0.963. The van der Waals surface area contributed by atoms with E-state index in [9.17, 15) is 18.0 Å². The van der Waals surface area contributed by atoms with Gasteiger partial charge in [0.2, 0.25) is 21.8 Å². The predicted molar refractivity (Wildman–Crippen MR) is 127 cm³/mol. The summed E-state index contributed by atoms with van der Waals surface area (Å²) in [5, 5.41) is 2.81. The summed E-state index contributed by atoms with van der Waals surface area (Å²) in [6.07, 6.45) is 0. The van der Waals surface area contributed by atoms with Crippen molar-refractivity contribution in [3.63, 3.8) is 0 Å². The van der Waals surface area contributed by atoms with Crippen LogP contribution in [0.4, 0.5) is 0 Å². The number of carbonyl (C=O) groups excluding carboxylic acids is 2. The third-order valence-corrected chi connectivity index (χ3v) is 6.99. The number of hydrogen-bond donors (Lipinski definition) is 1. The van der Waals surface area contributed by atoms with Crippen molar-refractivity contribution in [2.75, 3.05) is 20.7 Å². The first-order chi connectivity index (χ1) is 15.4. The lowest BCUT2D eigenvalue weighted by Crippen LogP contribution is -2.51. The minimum absolute atomic E-state index is 0.0988. The van der Waals surface area contributed by atoms with E-state index in [1.807, 2.05) is 26.8 Å². The Morgan fingerprint density at radius 2 is 1.70 bits per heavy atom. The van der Waals surface area contributed by atoms with Crippen molar-refractivity contribution in [2.24, 2.45) is 0 Å². The van der Waals surface area contributed by atoms with Crippen LogP contribution in [0.5, 0.6) is 5.75 Å². The second-order valence-corrected chi connectivity index (χ2v) is 10.3. The SMILES string of the molecule is COc1cccc(CN(C(=O)CN(C)S(=O)(=O)c2ccc(C)cc2)[C@H](C)C(=O)NC(C)C)c1. The molecule has 0 fully saturated rings. The van der Waals surface area contributed by atoms with Gasteiger partial charge in [0.25, 0.3) is 0 Å². The topological polar surface area (TPSA) is 96.0 Å². The van der Waals surface area contributed by atoms with Crippen LogP contribution >= 0.6 is 0 Å². The lowest BCUT2D eigenvalue weighted by Gasteiger charge is -2.31. The molecule has 0 unspecified atom stereocenters. The molecule has 0 spiro atoms. The van der Waals surface area contributed by atoms with Gasteiger partial charge >= 0.3 is 0 Å². The zero-order chi connectivity index (χ0) is 24.8. The highest BCUT2D eigenvalue weighted by Crippen LogP contribution is 2.18. The van der Waals surface area contributed by atoms with Crippen molar-refractivity contribution in [3.8, 4) is 5.75 Å². The number of ether oxygens (including phenoxy) is 1. The van der Waals surface area contributed by atoms with E-state index >= 15 is 0 Å². The van der Waals surface area contributed by atoms with Gasteiger partial charge in [0.1, 0.15) is 11.8 Å². The summed E-state index contributed by atoms with van der Waals surface area (Å²) >= 11 is 0. The van der Waals surface area contributed by atoms with Gasteiger partial charge < -0.3 is 15.0 Å². The molecule has 0 saturated heterocycles. The van der Waals surface area contributed by atoms with Gasteiger partial charge in [-0.2, -0.15) is 4.31 Å². The van der Waals surface area contributed by atoms with Crippen LogP contribution in [0.3, 0.4) is 0 Å². The zero-order valence-corrected chi connectivity index (χ0v) is 20.8. The Morgan fingerprint density at radius 3 is 2.27 bits per heavy atom. The first-order valence-electron chi connectivity index (χ1n) is 10.7. The molecule has 2 aromatic carbocycles. The second-order valence-electron chi connectivity index (χ2n) is 8.29. The Hall–Kier alpha value is -2.91. The number of hydrogen-bond acceptors (Lipinski definition) is 5. The van der Waals surface area contributed by atoms with E-state index in [0.717, 1.165) is 15.4 Å². The maximum Gasteiger partial charge on any atom is 0.243 e. The number of amides is 2. The number of nitrogens with zero attached hydrogens (tertiary/aromatic N) is 2. The van der Waals surface area contributed by atoms with Crippen molar-refractivity contribution in [2.45, 2.75) is 51.2 Å². The van der Waals surface area contributed by atoms with E-state index in [4.69, 9.17) is 4.74 Å². The Labute approximate surface area is 196 Å². The third kappa shape index (κ3) is 7.03. The first kappa shape index (κ1) is 26.3. The summed E-state index contributed by atoms with van der Waals surface area (Å²) in [6.45, 7) is 6.89. The van der Waals surface area contributed by atoms with E-state index in [1.165, 1.54) is 24.1 Å². The predicted octanol–water partition coefficient (Wildman–Crippen LogP) is 2.57. The van der Waals surface area contributed by atoms with Gasteiger partial charge in [0, 0.05) is 19.6 Å². The molecule has 33 heavy (non-hydrogen) atoms. The lowest BCUT2D eigenvalue weighted by atomic mass is 10.1. The molecule has 0 heterocycles. The van der Waals surface area contributed by atoms with Gasteiger partial charge in [0.05, 0.1) is 18.6 Å². The molecule has 2 aromatic rings. The molecule has 0 saturated carbocycles. The molecule has 0 bridgehead atoms. The molecular weight excluding hydrogens is 442 g/mol. The summed E-state index contributed by atoms with van der Waals surface area (Å²) in [5.74, 6) is -0.175. The Balaban J connectivity index is 2.29. The van der Waals surface area contributed by atoms with E-state index in [1.54, 1.807) is 44.4 Å². The fourth-order valence-electron chi connectivity index (χ4n) is 3.21. The Bertz CT molecular complexity index is 1070. The van der Waals surface area contributed by atoms with E-state index < -0.39 is 28.5 Å². The average Bonchev–Trinajstić information content (AvgIpc) is 2.76. The van der Waals surface area contributed by atoms with Crippen LogP contribution in [0.15, 0.2) is 53.4 Å². The summed E-state index contributed by atoms with van der Waals surface area (Å²) in [4.78, 5) is 27.5. The minimum Gasteiger partial charge on any atom is -0.497 e. The van der Waals surface area contributed by atoms with Crippen LogP contribution < -0.4 is 10.1 Å². The maximum atomic E-state index is 13.3. The molecule has 180 valence electrons. The van der Waals surface area contributed by atoms with Crippen LogP contribution in [0.25, 0.3) is 0 Å². The van der Waals surface area contributed by atoms with Crippen molar-refractivity contribution in [3.05, 3.63) is 59.7 Å². The number of carbonyl (C=O) groups is 2. The molecule has 0 aromatic heterocycles. The number of rotatable bonds is 10. The summed E-state index contributed by atoms with van der Waals surface area (Å²) in [5.41, 5.74) is 1.69. The van der Waals surface area contributed by atoms with Crippen LogP contribution in [0.2, 0.25) is 0 Å². The number of likely N-dealkylation sites (N-methyl/N-ethyl adjacent to an activating group) is 1. The minimum atomic E-state index is -3.87. The standard InChI is InChI=1S/C24H33N3O5S/c1-17(2)25-24(29)19(4)27(15-20-8-7-9-21(14-20)32-6)23(28)16-26(5)33(30,31)22-12-10-18(3)11-13-22/h7-14,17,19H,15-16H2,1-6H3,(H,25,29)/t19-/m1/s1. The zero-order valence-electron chi connectivity index (χ0n) is 20.0. The quantitative estimate of drug-likeness (QED) is 0.570. The van der Waals surface area contributed by atoms with Crippen LogP contribution in [-0.4, -0.2) is 62.2 Å². The maximum absolute atomic E-state index is 13.3. The van der Waals surface area contributed by atoms with Gasteiger partial charge in [-0.05, 0) is 57.5 Å². The van der Waals surface area contributed by atoms with E-state index in [-0.39, 0.29) is 23.4 Å². The number of sulfonamides is 1. The molecule has 2 rings (SSSR count). The van der Waals surface area contributed by atoms with Gasteiger partial charge in [-0.15, -0.1) is 0 Å². The van der Waals surface area contributed by atoms with Crippen molar-refractivity contribution < 1.29 is 22.7 Å². The van der Waals surface area contributed by atoms with E-state index in [2.05, 4.69) is 5.32 Å². The van der Waals surface area contributed by atoms with Gasteiger partial charge in [-0.3, -0.25) is 9.59 Å². The highest BCUT2D eigenvalue weighted by Gasteiger charge is 2.30. The molecular formula is C24H33N3O5S. The molecule has 0 aliphatic heterocycles. The molecule has 2 amide bonds. The van der Waals surface area contributed by atoms with Crippen molar-refractivity contribution in [1.82, 2.24) is 14.5 Å². The van der Waals surface area contributed by atoms with Crippen LogP contribution in [0, 0.1) is 6.92 Å². The molecule has 1 N–H and O–H groups in total. The fourth-order valence-corrected chi connectivity index (χ4v) is 4.33. The van der Waals surface area contributed by atoms with Crippen LogP contribution in [0.1, 0.15) is 31.9 Å².